The van der Waals surface area contributed by atoms with Gasteiger partial charge in [-0.05, 0) is 42.7 Å². The van der Waals surface area contributed by atoms with E-state index < -0.39 is 4.92 Å². The SMILES string of the molecule is C[C@H]1C[C@@H](Nc2ccccc2)c2ccccc2N1C(=O)Cc1ccc([N+](=O)[O-])cc1. The van der Waals surface area contributed by atoms with Crippen molar-refractivity contribution in [3.8, 4) is 0 Å². The van der Waals surface area contributed by atoms with Gasteiger partial charge in [-0.25, -0.2) is 0 Å². The van der Waals surface area contributed by atoms with Crippen molar-refractivity contribution in [1.29, 1.82) is 0 Å². The first-order valence-corrected chi connectivity index (χ1v) is 9.99. The molecule has 1 heterocycles. The van der Waals surface area contributed by atoms with Gasteiger partial charge in [0.15, 0.2) is 0 Å². The van der Waals surface area contributed by atoms with E-state index in [1.807, 2.05) is 53.4 Å². The van der Waals surface area contributed by atoms with Crippen molar-refractivity contribution in [2.45, 2.75) is 31.8 Å². The summed E-state index contributed by atoms with van der Waals surface area (Å²) in [6.45, 7) is 2.06. The van der Waals surface area contributed by atoms with Gasteiger partial charge in [0.1, 0.15) is 0 Å². The first-order chi connectivity index (χ1) is 14.5. The number of benzene rings is 3. The molecule has 1 N–H and O–H groups in total. The second-order valence-electron chi connectivity index (χ2n) is 7.57. The minimum Gasteiger partial charge on any atom is -0.378 e. The van der Waals surface area contributed by atoms with Crippen LogP contribution in [0.25, 0.3) is 0 Å². The molecule has 6 heteroatoms. The molecule has 0 spiro atoms. The zero-order valence-corrected chi connectivity index (χ0v) is 16.7. The van der Waals surface area contributed by atoms with E-state index in [2.05, 4.69) is 18.3 Å². The van der Waals surface area contributed by atoms with E-state index in [0.717, 1.165) is 28.9 Å². The molecule has 1 amide bonds. The Morgan fingerprint density at radius 1 is 1.03 bits per heavy atom. The summed E-state index contributed by atoms with van der Waals surface area (Å²) in [6, 6.07) is 24.4. The molecule has 152 valence electrons. The van der Waals surface area contributed by atoms with Gasteiger partial charge in [0.25, 0.3) is 5.69 Å². The summed E-state index contributed by atoms with van der Waals surface area (Å²) in [5, 5.41) is 14.4. The molecule has 0 bridgehead atoms. The molecule has 0 aromatic heterocycles. The van der Waals surface area contributed by atoms with Crippen molar-refractivity contribution < 1.29 is 9.72 Å². The number of non-ortho nitro benzene ring substituents is 1. The maximum absolute atomic E-state index is 13.2. The summed E-state index contributed by atoms with van der Waals surface area (Å²) in [5.74, 6) is -0.0121. The van der Waals surface area contributed by atoms with Crippen molar-refractivity contribution in [2.75, 3.05) is 10.2 Å². The number of hydrogen-bond acceptors (Lipinski definition) is 4. The van der Waals surface area contributed by atoms with E-state index in [4.69, 9.17) is 0 Å². The van der Waals surface area contributed by atoms with E-state index in [0.29, 0.717) is 0 Å². The zero-order valence-electron chi connectivity index (χ0n) is 16.7. The number of para-hydroxylation sites is 2. The molecule has 0 saturated heterocycles. The highest BCUT2D eigenvalue weighted by Gasteiger charge is 2.33. The lowest BCUT2D eigenvalue weighted by Gasteiger charge is -2.40. The third kappa shape index (κ3) is 4.03. The van der Waals surface area contributed by atoms with Gasteiger partial charge in [0.05, 0.1) is 17.4 Å². The van der Waals surface area contributed by atoms with Gasteiger partial charge in [-0.1, -0.05) is 48.5 Å². The molecule has 0 radical (unpaired) electrons. The number of fused-ring (bicyclic) bond motifs is 1. The molecule has 3 aromatic carbocycles. The lowest BCUT2D eigenvalue weighted by molar-refractivity contribution is -0.384. The Labute approximate surface area is 175 Å². The van der Waals surface area contributed by atoms with Gasteiger partial charge in [-0.3, -0.25) is 14.9 Å². The molecule has 0 aliphatic carbocycles. The van der Waals surface area contributed by atoms with Crippen molar-refractivity contribution in [3.05, 3.63) is 100 Å². The lowest BCUT2D eigenvalue weighted by atomic mass is 9.91. The number of nitrogens with one attached hydrogen (secondary N) is 1. The molecule has 1 aliphatic heterocycles. The zero-order chi connectivity index (χ0) is 21.1. The van der Waals surface area contributed by atoms with Crippen LogP contribution in [-0.4, -0.2) is 16.9 Å². The predicted octanol–water partition coefficient (Wildman–Crippen LogP) is 5.12. The van der Waals surface area contributed by atoms with Crippen molar-refractivity contribution in [1.82, 2.24) is 0 Å². The summed E-state index contributed by atoms with van der Waals surface area (Å²) < 4.78 is 0. The van der Waals surface area contributed by atoms with Crippen LogP contribution in [-0.2, 0) is 11.2 Å². The largest absolute Gasteiger partial charge is 0.378 e. The molecule has 2 atom stereocenters. The van der Waals surface area contributed by atoms with E-state index in [1.54, 1.807) is 12.1 Å². The Hall–Kier alpha value is -3.67. The van der Waals surface area contributed by atoms with E-state index >= 15 is 0 Å². The second kappa shape index (κ2) is 8.37. The number of nitro benzene ring substituents is 1. The van der Waals surface area contributed by atoms with Crippen molar-refractivity contribution in [2.24, 2.45) is 0 Å². The molecule has 0 saturated carbocycles. The fraction of sp³-hybridized carbons (Fsp3) is 0.208. The van der Waals surface area contributed by atoms with Gasteiger partial charge >= 0.3 is 0 Å². The van der Waals surface area contributed by atoms with E-state index in [1.165, 1.54) is 12.1 Å². The highest BCUT2D eigenvalue weighted by atomic mass is 16.6. The van der Waals surface area contributed by atoms with Crippen LogP contribution in [0.5, 0.6) is 0 Å². The molecular formula is C24H23N3O3. The molecule has 1 aliphatic rings. The fourth-order valence-corrected chi connectivity index (χ4v) is 4.06. The number of amides is 1. The third-order valence-corrected chi connectivity index (χ3v) is 5.48. The minimum absolute atomic E-state index is 0.0121. The summed E-state index contributed by atoms with van der Waals surface area (Å²) in [6.07, 6.45) is 0.991. The van der Waals surface area contributed by atoms with Crippen LogP contribution in [0.4, 0.5) is 17.1 Å². The van der Waals surface area contributed by atoms with Gasteiger partial charge in [-0.15, -0.1) is 0 Å². The number of rotatable bonds is 5. The first kappa shape index (κ1) is 19.6. The standard InChI is InChI=1S/C24H23N3O3/c1-17-15-22(25-19-7-3-2-4-8-19)21-9-5-6-10-23(21)26(17)24(28)16-18-11-13-20(14-12-18)27(29)30/h2-14,17,22,25H,15-16H2,1H3/t17-,22+/m0/s1. The summed E-state index contributed by atoms with van der Waals surface area (Å²) in [5.41, 5.74) is 3.85. The highest BCUT2D eigenvalue weighted by molar-refractivity contribution is 5.96. The molecule has 30 heavy (non-hydrogen) atoms. The molecule has 3 aromatic rings. The monoisotopic (exact) mass is 401 g/mol. The van der Waals surface area contributed by atoms with E-state index in [-0.39, 0.29) is 30.1 Å². The Kier molecular flexibility index (Phi) is 5.48. The second-order valence-corrected chi connectivity index (χ2v) is 7.57. The number of nitrogens with zero attached hydrogens (tertiary/aromatic N) is 2. The number of carbonyl (C=O) groups excluding carboxylic acids is 1. The van der Waals surface area contributed by atoms with E-state index in [9.17, 15) is 14.9 Å². The van der Waals surface area contributed by atoms with Crippen LogP contribution in [0.15, 0.2) is 78.9 Å². The normalized spacial score (nSPS) is 17.8. The minimum atomic E-state index is -0.436. The van der Waals surface area contributed by atoms with Crippen LogP contribution in [0.3, 0.4) is 0 Å². The Morgan fingerprint density at radius 3 is 2.40 bits per heavy atom. The van der Waals surface area contributed by atoms with Gasteiger partial charge < -0.3 is 10.2 Å². The van der Waals surface area contributed by atoms with Crippen LogP contribution >= 0.6 is 0 Å². The van der Waals surface area contributed by atoms with Crippen molar-refractivity contribution >= 4 is 23.0 Å². The average molecular weight is 401 g/mol. The fourth-order valence-electron chi connectivity index (χ4n) is 4.06. The Bertz CT molecular complexity index is 1050. The quantitative estimate of drug-likeness (QED) is 0.476. The smallest absolute Gasteiger partial charge is 0.269 e. The molecule has 0 fully saturated rings. The molecule has 6 nitrogen and oxygen atoms in total. The highest BCUT2D eigenvalue weighted by Crippen LogP contribution is 2.39. The Morgan fingerprint density at radius 2 is 1.70 bits per heavy atom. The Balaban J connectivity index is 1.57. The van der Waals surface area contributed by atoms with Crippen LogP contribution in [0.2, 0.25) is 0 Å². The maximum Gasteiger partial charge on any atom is 0.269 e. The topological polar surface area (TPSA) is 75.5 Å². The third-order valence-electron chi connectivity index (χ3n) is 5.48. The lowest BCUT2D eigenvalue weighted by Crippen LogP contribution is -2.45. The first-order valence-electron chi connectivity index (χ1n) is 9.99. The summed E-state index contributed by atoms with van der Waals surface area (Å²) in [4.78, 5) is 25.5. The van der Waals surface area contributed by atoms with Gasteiger partial charge in [0, 0.05) is 29.5 Å². The number of hydrogen-bond donors (Lipinski definition) is 1. The molecular weight excluding hydrogens is 378 g/mol. The molecule has 4 rings (SSSR count). The van der Waals surface area contributed by atoms with Crippen LogP contribution in [0, 0.1) is 10.1 Å². The average Bonchev–Trinajstić information content (AvgIpc) is 2.75. The van der Waals surface area contributed by atoms with Gasteiger partial charge in [0.2, 0.25) is 5.91 Å². The number of carbonyl (C=O) groups is 1. The van der Waals surface area contributed by atoms with Crippen LogP contribution in [0.1, 0.15) is 30.5 Å². The predicted molar refractivity (Wildman–Crippen MR) is 118 cm³/mol. The van der Waals surface area contributed by atoms with Gasteiger partial charge in [-0.2, -0.15) is 0 Å². The van der Waals surface area contributed by atoms with Crippen molar-refractivity contribution in [3.63, 3.8) is 0 Å². The summed E-state index contributed by atoms with van der Waals surface area (Å²) >= 11 is 0. The van der Waals surface area contributed by atoms with Crippen LogP contribution < -0.4 is 10.2 Å². The number of anilines is 2. The number of nitro groups is 1. The maximum atomic E-state index is 13.2. The molecule has 0 unspecified atom stereocenters. The summed E-state index contributed by atoms with van der Waals surface area (Å²) in [7, 11) is 0.